The maximum absolute atomic E-state index is 11.8. The summed E-state index contributed by atoms with van der Waals surface area (Å²) < 4.78 is 12.0. The maximum Gasteiger partial charge on any atom is 0.410 e. The van der Waals surface area contributed by atoms with Crippen LogP contribution < -0.4 is 0 Å². The summed E-state index contributed by atoms with van der Waals surface area (Å²) in [7, 11) is 0. The number of rotatable bonds is 3. The predicted octanol–water partition coefficient (Wildman–Crippen LogP) is 0.789. The topological polar surface area (TPSA) is 69.5 Å². The molecule has 1 aromatic rings. The standard InChI is InChI=1S/C10H15ClN4O3/c1-8(6-15-9(11)12-7-13-15)18-10(16)14-2-4-17-5-3-14/h7-8H,2-6H2,1H3. The molecule has 0 aromatic carbocycles. The molecule has 2 heterocycles. The van der Waals surface area contributed by atoms with E-state index < -0.39 is 0 Å². The van der Waals surface area contributed by atoms with Crippen molar-refractivity contribution in [2.24, 2.45) is 0 Å². The summed E-state index contributed by atoms with van der Waals surface area (Å²) >= 11 is 5.79. The van der Waals surface area contributed by atoms with E-state index >= 15 is 0 Å². The van der Waals surface area contributed by atoms with E-state index in [-0.39, 0.29) is 17.5 Å². The van der Waals surface area contributed by atoms with Crippen LogP contribution in [0.15, 0.2) is 6.33 Å². The number of carbonyl (C=O) groups excluding carboxylic acids is 1. The van der Waals surface area contributed by atoms with Gasteiger partial charge in [0.05, 0.1) is 19.8 Å². The molecule has 0 aliphatic carbocycles. The monoisotopic (exact) mass is 274 g/mol. The lowest BCUT2D eigenvalue weighted by Gasteiger charge is -2.27. The summed E-state index contributed by atoms with van der Waals surface area (Å²) in [4.78, 5) is 17.2. The van der Waals surface area contributed by atoms with E-state index in [2.05, 4.69) is 10.1 Å². The second-order valence-corrected chi connectivity index (χ2v) is 4.34. The van der Waals surface area contributed by atoms with Crippen LogP contribution in [0, 0.1) is 0 Å². The van der Waals surface area contributed by atoms with Crippen molar-refractivity contribution in [3.63, 3.8) is 0 Å². The number of nitrogens with zero attached hydrogens (tertiary/aromatic N) is 4. The summed E-state index contributed by atoms with van der Waals surface area (Å²) in [6.45, 7) is 4.41. The summed E-state index contributed by atoms with van der Waals surface area (Å²) in [5.74, 6) is 0. The first kappa shape index (κ1) is 13.1. The number of morpholine rings is 1. The van der Waals surface area contributed by atoms with Gasteiger partial charge in [-0.25, -0.2) is 14.5 Å². The predicted molar refractivity (Wildman–Crippen MR) is 63.4 cm³/mol. The molecule has 2 rings (SSSR count). The van der Waals surface area contributed by atoms with E-state index in [0.29, 0.717) is 32.8 Å². The van der Waals surface area contributed by atoms with Crippen LogP contribution in [0.25, 0.3) is 0 Å². The molecular weight excluding hydrogens is 260 g/mol. The van der Waals surface area contributed by atoms with E-state index in [0.717, 1.165) is 0 Å². The Labute approximate surface area is 110 Å². The fourth-order valence-corrected chi connectivity index (χ4v) is 1.80. The smallest absolute Gasteiger partial charge is 0.410 e. The molecule has 0 bridgehead atoms. The Morgan fingerprint density at radius 3 is 2.94 bits per heavy atom. The third-order valence-electron chi connectivity index (χ3n) is 2.57. The molecule has 0 radical (unpaired) electrons. The van der Waals surface area contributed by atoms with Crippen molar-refractivity contribution in [2.45, 2.75) is 19.6 Å². The molecule has 1 fully saturated rings. The second kappa shape index (κ2) is 6.01. The van der Waals surface area contributed by atoms with Gasteiger partial charge in [-0.05, 0) is 18.5 Å². The molecule has 1 unspecified atom stereocenters. The van der Waals surface area contributed by atoms with Gasteiger partial charge in [-0.1, -0.05) is 0 Å². The lowest BCUT2D eigenvalue weighted by molar-refractivity contribution is 0.0124. The molecule has 0 saturated carbocycles. The first-order chi connectivity index (χ1) is 8.66. The number of hydrogen-bond acceptors (Lipinski definition) is 5. The molecule has 0 spiro atoms. The molecule has 1 amide bonds. The van der Waals surface area contributed by atoms with Gasteiger partial charge >= 0.3 is 6.09 Å². The van der Waals surface area contributed by atoms with Crippen molar-refractivity contribution < 1.29 is 14.3 Å². The Balaban J connectivity index is 1.81. The Morgan fingerprint density at radius 2 is 2.33 bits per heavy atom. The van der Waals surface area contributed by atoms with Crippen LogP contribution in [-0.2, 0) is 16.0 Å². The Hall–Kier alpha value is -1.34. The number of ether oxygens (including phenoxy) is 2. The first-order valence-electron chi connectivity index (χ1n) is 5.73. The second-order valence-electron chi connectivity index (χ2n) is 4.00. The van der Waals surface area contributed by atoms with Crippen molar-refractivity contribution >= 4 is 17.7 Å². The highest BCUT2D eigenvalue weighted by molar-refractivity contribution is 6.28. The Morgan fingerprint density at radius 1 is 1.61 bits per heavy atom. The van der Waals surface area contributed by atoms with Gasteiger partial charge in [0.25, 0.3) is 0 Å². The molecule has 1 atom stereocenters. The first-order valence-corrected chi connectivity index (χ1v) is 6.11. The minimum absolute atomic E-state index is 0.282. The van der Waals surface area contributed by atoms with Gasteiger partial charge in [-0.3, -0.25) is 0 Å². The normalized spacial score (nSPS) is 17.6. The Bertz CT molecular complexity index is 406. The molecule has 18 heavy (non-hydrogen) atoms. The van der Waals surface area contributed by atoms with Crippen LogP contribution >= 0.6 is 11.6 Å². The fourth-order valence-electron chi connectivity index (χ4n) is 1.65. The summed E-state index contributed by atoms with van der Waals surface area (Å²) in [6.07, 6.45) is 0.709. The highest BCUT2D eigenvalue weighted by Gasteiger charge is 2.20. The average Bonchev–Trinajstić information content (AvgIpc) is 2.76. The molecule has 8 heteroatoms. The number of hydrogen-bond donors (Lipinski definition) is 0. The van der Waals surface area contributed by atoms with Gasteiger partial charge in [0, 0.05) is 13.1 Å². The molecule has 1 aliphatic rings. The van der Waals surface area contributed by atoms with E-state index in [1.54, 1.807) is 11.8 Å². The zero-order valence-electron chi connectivity index (χ0n) is 10.1. The molecule has 7 nitrogen and oxygen atoms in total. The van der Waals surface area contributed by atoms with Crippen LogP contribution in [0.2, 0.25) is 5.28 Å². The van der Waals surface area contributed by atoms with E-state index in [4.69, 9.17) is 21.1 Å². The number of carbonyl (C=O) groups is 1. The molecular formula is C10H15ClN4O3. The molecule has 1 saturated heterocycles. The van der Waals surface area contributed by atoms with Crippen molar-refractivity contribution in [1.29, 1.82) is 0 Å². The van der Waals surface area contributed by atoms with E-state index in [1.165, 1.54) is 11.0 Å². The molecule has 0 N–H and O–H groups in total. The van der Waals surface area contributed by atoms with Crippen molar-refractivity contribution in [2.75, 3.05) is 26.3 Å². The van der Waals surface area contributed by atoms with E-state index in [1.807, 2.05) is 0 Å². The van der Waals surface area contributed by atoms with Crippen LogP contribution in [0.4, 0.5) is 4.79 Å². The summed E-state index contributed by atoms with van der Waals surface area (Å²) in [5, 5.41) is 4.21. The van der Waals surface area contributed by atoms with Crippen molar-refractivity contribution in [3.8, 4) is 0 Å². The zero-order valence-corrected chi connectivity index (χ0v) is 10.8. The van der Waals surface area contributed by atoms with Crippen LogP contribution in [0.5, 0.6) is 0 Å². The van der Waals surface area contributed by atoms with Crippen molar-refractivity contribution in [3.05, 3.63) is 11.6 Å². The number of halogens is 1. The fraction of sp³-hybridized carbons (Fsp3) is 0.700. The third-order valence-corrected chi connectivity index (χ3v) is 2.86. The largest absolute Gasteiger partial charge is 0.444 e. The van der Waals surface area contributed by atoms with Gasteiger partial charge in [0.1, 0.15) is 12.4 Å². The number of aromatic nitrogens is 3. The van der Waals surface area contributed by atoms with Crippen LogP contribution in [0.3, 0.4) is 0 Å². The SMILES string of the molecule is CC(Cn1ncnc1Cl)OC(=O)N1CCOCC1. The van der Waals surface area contributed by atoms with Crippen LogP contribution in [-0.4, -0.2) is 58.2 Å². The lowest BCUT2D eigenvalue weighted by atomic mass is 10.4. The van der Waals surface area contributed by atoms with Gasteiger partial charge in [-0.2, -0.15) is 5.10 Å². The average molecular weight is 275 g/mol. The quantitative estimate of drug-likeness (QED) is 0.815. The van der Waals surface area contributed by atoms with Gasteiger partial charge in [-0.15, -0.1) is 0 Å². The molecule has 1 aromatic heterocycles. The highest BCUT2D eigenvalue weighted by Crippen LogP contribution is 2.07. The number of amides is 1. The Kier molecular flexibility index (Phi) is 4.38. The van der Waals surface area contributed by atoms with Crippen LogP contribution in [0.1, 0.15) is 6.92 Å². The summed E-state index contributed by atoms with van der Waals surface area (Å²) in [6, 6.07) is 0. The van der Waals surface area contributed by atoms with E-state index in [9.17, 15) is 4.79 Å². The molecule has 1 aliphatic heterocycles. The third kappa shape index (κ3) is 3.33. The minimum atomic E-state index is -0.331. The van der Waals surface area contributed by atoms with Gasteiger partial charge in [0.2, 0.25) is 5.28 Å². The van der Waals surface area contributed by atoms with Crippen molar-refractivity contribution in [1.82, 2.24) is 19.7 Å². The zero-order chi connectivity index (χ0) is 13.0. The molecule has 100 valence electrons. The van der Waals surface area contributed by atoms with Gasteiger partial charge in [0.15, 0.2) is 0 Å². The highest BCUT2D eigenvalue weighted by atomic mass is 35.5. The maximum atomic E-state index is 11.8. The minimum Gasteiger partial charge on any atom is -0.444 e. The summed E-state index contributed by atoms with van der Waals surface area (Å²) in [5.41, 5.74) is 0. The van der Waals surface area contributed by atoms with Gasteiger partial charge < -0.3 is 14.4 Å². The lowest BCUT2D eigenvalue weighted by Crippen LogP contribution is -2.42.